The van der Waals surface area contributed by atoms with Gasteiger partial charge in [-0.2, -0.15) is 0 Å². The van der Waals surface area contributed by atoms with Crippen LogP contribution in [-0.2, 0) is 4.79 Å². The lowest BCUT2D eigenvalue weighted by atomic mass is 9.90. The molecule has 0 aromatic heterocycles. The average molecular weight is 222 g/mol. The van der Waals surface area contributed by atoms with E-state index in [0.29, 0.717) is 18.1 Å². The van der Waals surface area contributed by atoms with E-state index < -0.39 is 0 Å². The predicted molar refractivity (Wildman–Crippen MR) is 71.4 cm³/mol. The molecule has 0 aliphatic heterocycles. The first-order valence-electron chi connectivity index (χ1n) is 6.24. The van der Waals surface area contributed by atoms with E-state index in [2.05, 4.69) is 39.8 Å². The second kappa shape index (κ2) is 8.32. The van der Waals surface area contributed by atoms with Crippen LogP contribution in [0.1, 0.15) is 53.9 Å². The van der Waals surface area contributed by atoms with Gasteiger partial charge in [-0.15, -0.1) is 0 Å². The zero-order valence-electron chi connectivity index (χ0n) is 11.4. The zero-order chi connectivity index (χ0) is 12.6. The van der Waals surface area contributed by atoms with Crippen LogP contribution in [0.4, 0.5) is 0 Å². The molecule has 0 fully saturated rings. The highest BCUT2D eigenvalue weighted by atomic mass is 16.1. The fraction of sp³-hybridized carbons (Fsp3) is 0.667. The van der Waals surface area contributed by atoms with E-state index in [1.165, 1.54) is 5.57 Å². The monoisotopic (exact) mass is 222 g/mol. The summed E-state index contributed by atoms with van der Waals surface area (Å²) in [6, 6.07) is 0. The number of carbonyl (C=O) groups is 1. The van der Waals surface area contributed by atoms with Gasteiger partial charge >= 0.3 is 0 Å². The molecule has 0 heterocycles. The lowest BCUT2D eigenvalue weighted by Crippen LogP contribution is -2.15. The van der Waals surface area contributed by atoms with Crippen molar-refractivity contribution < 1.29 is 4.79 Å². The molecule has 0 rings (SSSR count). The molecule has 16 heavy (non-hydrogen) atoms. The summed E-state index contributed by atoms with van der Waals surface area (Å²) in [5, 5.41) is 0. The van der Waals surface area contributed by atoms with Crippen molar-refractivity contribution in [1.29, 1.82) is 0 Å². The molecule has 0 saturated heterocycles. The Morgan fingerprint density at radius 1 is 1.19 bits per heavy atom. The van der Waals surface area contributed by atoms with Crippen molar-refractivity contribution in [2.45, 2.75) is 53.9 Å². The van der Waals surface area contributed by atoms with E-state index in [0.717, 1.165) is 12.8 Å². The first-order valence-corrected chi connectivity index (χ1v) is 6.24. The number of allylic oxidation sites excluding steroid dienone is 4. The molecule has 1 unspecified atom stereocenters. The maximum absolute atomic E-state index is 12.0. The van der Waals surface area contributed by atoms with Gasteiger partial charge in [0, 0.05) is 12.3 Å². The van der Waals surface area contributed by atoms with Crippen LogP contribution in [0, 0.1) is 11.8 Å². The summed E-state index contributed by atoms with van der Waals surface area (Å²) in [7, 11) is 0. The molecule has 1 atom stereocenters. The molecular formula is C15H26O. The molecule has 0 N–H and O–H groups in total. The number of hydrogen-bond acceptors (Lipinski definition) is 1. The molecule has 1 nitrogen and oxygen atoms in total. The van der Waals surface area contributed by atoms with Crippen molar-refractivity contribution in [2.75, 3.05) is 0 Å². The maximum Gasteiger partial charge on any atom is 0.136 e. The minimum Gasteiger partial charge on any atom is -0.299 e. The van der Waals surface area contributed by atoms with Gasteiger partial charge in [-0.3, -0.25) is 4.79 Å². The second-order valence-corrected chi connectivity index (χ2v) is 5.08. The van der Waals surface area contributed by atoms with Crippen molar-refractivity contribution in [3.8, 4) is 0 Å². The van der Waals surface area contributed by atoms with Crippen LogP contribution in [-0.4, -0.2) is 5.78 Å². The van der Waals surface area contributed by atoms with Crippen LogP contribution in [0.2, 0.25) is 0 Å². The van der Waals surface area contributed by atoms with Gasteiger partial charge in [-0.25, -0.2) is 0 Å². The van der Waals surface area contributed by atoms with E-state index in [9.17, 15) is 4.79 Å². The quantitative estimate of drug-likeness (QED) is 0.578. The smallest absolute Gasteiger partial charge is 0.136 e. The van der Waals surface area contributed by atoms with Gasteiger partial charge in [0.25, 0.3) is 0 Å². The second-order valence-electron chi connectivity index (χ2n) is 5.08. The summed E-state index contributed by atoms with van der Waals surface area (Å²) >= 11 is 0. The standard InChI is InChI=1S/C15H26O/c1-6-7-8-14(10-9-12(2)3)15(16)11-13(4)5/h6-7,9,13-14H,8,10-11H2,1-5H3. The third-order valence-corrected chi connectivity index (χ3v) is 2.53. The molecule has 0 aliphatic carbocycles. The Labute approximate surface area is 101 Å². The Kier molecular flexibility index (Phi) is 7.88. The van der Waals surface area contributed by atoms with Gasteiger partial charge in [0.05, 0.1) is 0 Å². The number of carbonyl (C=O) groups excluding carboxylic acids is 1. The molecule has 0 radical (unpaired) electrons. The van der Waals surface area contributed by atoms with Gasteiger partial charge < -0.3 is 0 Å². The normalized spacial score (nSPS) is 13.1. The van der Waals surface area contributed by atoms with Crippen LogP contribution in [0.25, 0.3) is 0 Å². The Morgan fingerprint density at radius 2 is 1.81 bits per heavy atom. The van der Waals surface area contributed by atoms with Gasteiger partial charge in [0.1, 0.15) is 5.78 Å². The van der Waals surface area contributed by atoms with E-state index in [1.54, 1.807) is 0 Å². The molecule has 0 aromatic carbocycles. The topological polar surface area (TPSA) is 17.1 Å². The predicted octanol–water partition coefficient (Wildman–Crippen LogP) is 4.54. The van der Waals surface area contributed by atoms with Crippen LogP contribution in [0.3, 0.4) is 0 Å². The largest absolute Gasteiger partial charge is 0.299 e. The fourth-order valence-corrected chi connectivity index (χ4v) is 1.61. The molecule has 1 heteroatoms. The van der Waals surface area contributed by atoms with Gasteiger partial charge in [-0.05, 0) is 39.5 Å². The molecule has 0 spiro atoms. The zero-order valence-corrected chi connectivity index (χ0v) is 11.4. The SMILES string of the molecule is CC=CCC(CC=C(C)C)C(=O)CC(C)C. The van der Waals surface area contributed by atoms with Crippen molar-refractivity contribution in [2.24, 2.45) is 11.8 Å². The van der Waals surface area contributed by atoms with Crippen LogP contribution in [0.15, 0.2) is 23.8 Å². The summed E-state index contributed by atoms with van der Waals surface area (Å²) in [4.78, 5) is 12.0. The van der Waals surface area contributed by atoms with Crippen molar-refractivity contribution in [1.82, 2.24) is 0 Å². The minimum absolute atomic E-state index is 0.175. The maximum atomic E-state index is 12.0. The highest BCUT2D eigenvalue weighted by Crippen LogP contribution is 2.17. The number of Topliss-reactive ketones (excluding diaryl/α,β-unsaturated/α-hetero) is 1. The third kappa shape index (κ3) is 7.44. The van der Waals surface area contributed by atoms with Crippen LogP contribution in [0.5, 0.6) is 0 Å². The summed E-state index contributed by atoms with van der Waals surface area (Å²) < 4.78 is 0. The van der Waals surface area contributed by atoms with Crippen molar-refractivity contribution in [3.05, 3.63) is 23.8 Å². The third-order valence-electron chi connectivity index (χ3n) is 2.53. The summed E-state index contributed by atoms with van der Waals surface area (Å²) in [6.45, 7) is 10.4. The Morgan fingerprint density at radius 3 is 2.25 bits per heavy atom. The average Bonchev–Trinajstić information content (AvgIpc) is 2.16. The lowest BCUT2D eigenvalue weighted by Gasteiger charge is -2.13. The Balaban J connectivity index is 4.40. The fourth-order valence-electron chi connectivity index (χ4n) is 1.61. The first-order chi connectivity index (χ1) is 7.47. The van der Waals surface area contributed by atoms with E-state index in [1.807, 2.05) is 13.0 Å². The van der Waals surface area contributed by atoms with E-state index in [4.69, 9.17) is 0 Å². The van der Waals surface area contributed by atoms with Gasteiger partial charge in [0.15, 0.2) is 0 Å². The highest BCUT2D eigenvalue weighted by Gasteiger charge is 2.16. The van der Waals surface area contributed by atoms with Crippen molar-refractivity contribution in [3.63, 3.8) is 0 Å². The summed E-state index contributed by atoms with van der Waals surface area (Å²) in [5.41, 5.74) is 1.29. The molecule has 0 aromatic rings. The first kappa shape index (κ1) is 15.2. The summed E-state index contributed by atoms with van der Waals surface area (Å²) in [5.74, 6) is 1.05. The summed E-state index contributed by atoms with van der Waals surface area (Å²) in [6.07, 6.45) is 8.77. The molecule has 0 saturated carbocycles. The molecule has 0 bridgehead atoms. The Hall–Kier alpha value is -0.850. The molecule has 92 valence electrons. The van der Waals surface area contributed by atoms with E-state index >= 15 is 0 Å². The van der Waals surface area contributed by atoms with Gasteiger partial charge in [0.2, 0.25) is 0 Å². The van der Waals surface area contributed by atoms with E-state index in [-0.39, 0.29) is 5.92 Å². The Bertz CT molecular complexity index is 255. The molecule has 0 aliphatic rings. The van der Waals surface area contributed by atoms with Gasteiger partial charge in [-0.1, -0.05) is 37.6 Å². The van der Waals surface area contributed by atoms with Crippen LogP contribution >= 0.6 is 0 Å². The number of rotatable bonds is 7. The minimum atomic E-state index is 0.175. The lowest BCUT2D eigenvalue weighted by molar-refractivity contribution is -0.123. The highest BCUT2D eigenvalue weighted by molar-refractivity contribution is 5.81. The van der Waals surface area contributed by atoms with Crippen molar-refractivity contribution >= 4 is 5.78 Å². The molecular weight excluding hydrogens is 196 g/mol. The number of hydrogen-bond donors (Lipinski definition) is 0. The van der Waals surface area contributed by atoms with Crippen LogP contribution < -0.4 is 0 Å². The molecule has 0 amide bonds. The number of ketones is 1.